The minimum absolute atomic E-state index is 0.0394. The van der Waals surface area contributed by atoms with Gasteiger partial charge >= 0.3 is 17.9 Å². The third kappa shape index (κ3) is 8.38. The fourth-order valence-corrected chi connectivity index (χ4v) is 9.58. The molecule has 1 aromatic rings. The van der Waals surface area contributed by atoms with E-state index in [4.69, 9.17) is 42.1 Å². The molecule has 0 amide bonds. The monoisotopic (exact) mass is 759 g/mol. The number of benzene rings is 1. The maximum Gasteiger partial charge on any atom is 0.314 e. The minimum atomic E-state index is -0.677. The van der Waals surface area contributed by atoms with Crippen molar-refractivity contribution in [2.24, 2.45) is 34.5 Å². The lowest BCUT2D eigenvalue weighted by atomic mass is 9.47. The van der Waals surface area contributed by atoms with Gasteiger partial charge in [-0.1, -0.05) is 27.7 Å². The Morgan fingerprint density at radius 2 is 1.63 bits per heavy atom. The summed E-state index contributed by atoms with van der Waals surface area (Å²) in [5.74, 6) is -0.476. The molecule has 4 aliphatic carbocycles. The fraction of sp³-hybridized carbons (Fsp3) is 0.625. The number of alkyl halides is 2. The second-order valence-electron chi connectivity index (χ2n) is 14.8. The fourth-order valence-electron chi connectivity index (χ4n) is 9.17. The Bertz CT molecular complexity index is 1570. The van der Waals surface area contributed by atoms with Gasteiger partial charge in [-0.25, -0.2) is 0 Å². The summed E-state index contributed by atoms with van der Waals surface area (Å²) in [4.78, 5) is 67.3. The first-order valence-electron chi connectivity index (χ1n) is 18.5. The van der Waals surface area contributed by atoms with Crippen LogP contribution in [-0.4, -0.2) is 73.6 Å². The average molecular weight is 761 g/mol. The lowest BCUT2D eigenvalue weighted by Gasteiger charge is -2.57. The SMILES string of the molecule is CCC(=O)OCC(=O)[C@H]1CC[C@H]2[C@@H]3C(OC(=O)CC)C=C4C=C(OC(=O)CCOc5ccc(N(CCCl)CCCl)cc5)CC[C@]4(C)[C@H]3C(=O)C[C@]12C. The third-order valence-corrected chi connectivity index (χ3v) is 12.1. The maximum absolute atomic E-state index is 14.3. The van der Waals surface area contributed by atoms with Crippen LogP contribution in [0.5, 0.6) is 5.75 Å². The number of fused-ring (bicyclic) bond motifs is 5. The highest BCUT2D eigenvalue weighted by molar-refractivity contribution is 6.18. The molecule has 1 aromatic carbocycles. The lowest BCUT2D eigenvalue weighted by molar-refractivity contribution is -0.167. The van der Waals surface area contributed by atoms with Gasteiger partial charge in [0.2, 0.25) is 0 Å². The third-order valence-electron chi connectivity index (χ3n) is 11.8. The zero-order valence-corrected chi connectivity index (χ0v) is 32.1. The topological polar surface area (TPSA) is 126 Å². The van der Waals surface area contributed by atoms with Crippen molar-refractivity contribution in [2.75, 3.05) is 43.0 Å². The smallest absolute Gasteiger partial charge is 0.314 e. The summed E-state index contributed by atoms with van der Waals surface area (Å²) in [6.45, 7) is 8.68. The van der Waals surface area contributed by atoms with Gasteiger partial charge in [0.25, 0.3) is 0 Å². The number of halogens is 2. The molecule has 2 saturated carbocycles. The van der Waals surface area contributed by atoms with Gasteiger partial charge in [0.1, 0.15) is 30.0 Å². The van der Waals surface area contributed by atoms with Crippen LogP contribution in [0, 0.1) is 34.5 Å². The summed E-state index contributed by atoms with van der Waals surface area (Å²) >= 11 is 11.9. The van der Waals surface area contributed by atoms with Crippen molar-refractivity contribution in [1.82, 2.24) is 0 Å². The number of allylic oxidation sites excluding steroid dienone is 3. The Balaban J connectivity index is 1.29. The number of anilines is 1. The van der Waals surface area contributed by atoms with E-state index in [2.05, 4.69) is 11.8 Å². The van der Waals surface area contributed by atoms with E-state index >= 15 is 0 Å². The van der Waals surface area contributed by atoms with Gasteiger partial charge in [-0.2, -0.15) is 0 Å². The number of ketones is 2. The van der Waals surface area contributed by atoms with Crippen LogP contribution in [0.4, 0.5) is 5.69 Å². The molecule has 0 saturated heterocycles. The van der Waals surface area contributed by atoms with E-state index in [-0.39, 0.29) is 68.3 Å². The van der Waals surface area contributed by atoms with Crippen molar-refractivity contribution in [3.63, 3.8) is 0 Å². The number of esters is 3. The summed E-state index contributed by atoms with van der Waals surface area (Å²) < 4.78 is 22.9. The number of nitrogens with zero attached hydrogens (tertiary/aromatic N) is 1. The van der Waals surface area contributed by atoms with Crippen LogP contribution < -0.4 is 9.64 Å². The molecule has 12 heteroatoms. The number of carbonyl (C=O) groups excluding carboxylic acids is 5. The van der Waals surface area contributed by atoms with Gasteiger partial charge in [-0.05, 0) is 72.6 Å². The Hall–Kier alpha value is -3.37. The van der Waals surface area contributed by atoms with Crippen molar-refractivity contribution in [2.45, 2.75) is 85.2 Å². The molecule has 0 radical (unpaired) electrons. The number of carbonyl (C=O) groups is 5. The highest BCUT2D eigenvalue weighted by Gasteiger charge is 2.65. The first kappa shape index (κ1) is 39.8. The maximum atomic E-state index is 14.3. The van der Waals surface area contributed by atoms with E-state index in [1.54, 1.807) is 13.8 Å². The van der Waals surface area contributed by atoms with E-state index in [9.17, 15) is 24.0 Å². The molecule has 4 aliphatic rings. The molecule has 7 atom stereocenters. The van der Waals surface area contributed by atoms with E-state index in [1.807, 2.05) is 43.3 Å². The quantitative estimate of drug-likeness (QED) is 0.0990. The number of Topliss-reactive ketones (excluding diaryl/α,β-unsaturated/α-hetero) is 2. The van der Waals surface area contributed by atoms with E-state index in [1.165, 1.54) is 0 Å². The molecule has 0 aliphatic heterocycles. The minimum Gasteiger partial charge on any atom is -0.493 e. The van der Waals surface area contributed by atoms with Crippen LogP contribution in [0.25, 0.3) is 0 Å². The molecule has 2 fully saturated rings. The highest BCUT2D eigenvalue weighted by Crippen LogP contribution is 2.65. The average Bonchev–Trinajstić information content (AvgIpc) is 3.47. The zero-order valence-electron chi connectivity index (χ0n) is 30.6. The Labute approximate surface area is 316 Å². The van der Waals surface area contributed by atoms with Gasteiger partial charge in [-0.3, -0.25) is 24.0 Å². The van der Waals surface area contributed by atoms with Crippen molar-refractivity contribution >= 4 is 58.4 Å². The van der Waals surface area contributed by atoms with Gasteiger partial charge in [0, 0.05) is 79.4 Å². The zero-order chi connectivity index (χ0) is 37.6. The van der Waals surface area contributed by atoms with E-state index < -0.39 is 40.7 Å². The molecular weight excluding hydrogens is 709 g/mol. The van der Waals surface area contributed by atoms with Gasteiger partial charge < -0.3 is 23.8 Å². The van der Waals surface area contributed by atoms with Crippen molar-refractivity contribution < 1.29 is 42.9 Å². The predicted molar refractivity (Wildman–Crippen MR) is 197 cm³/mol. The lowest BCUT2D eigenvalue weighted by Crippen LogP contribution is -2.58. The van der Waals surface area contributed by atoms with Gasteiger partial charge in [0.05, 0.1) is 13.0 Å². The predicted octanol–water partition coefficient (Wildman–Crippen LogP) is 6.99. The molecule has 0 bridgehead atoms. The molecule has 0 spiro atoms. The largest absolute Gasteiger partial charge is 0.493 e. The van der Waals surface area contributed by atoms with Gasteiger partial charge in [-0.15, -0.1) is 23.2 Å². The molecule has 0 N–H and O–H groups in total. The Morgan fingerprint density at radius 1 is 0.942 bits per heavy atom. The van der Waals surface area contributed by atoms with Crippen LogP contribution >= 0.6 is 23.2 Å². The molecule has 0 heterocycles. The highest BCUT2D eigenvalue weighted by atomic mass is 35.5. The normalized spacial score (nSPS) is 29.0. The molecule has 284 valence electrons. The number of ether oxygens (including phenoxy) is 4. The number of rotatable bonds is 16. The van der Waals surface area contributed by atoms with Crippen LogP contribution in [0.1, 0.15) is 79.1 Å². The first-order valence-corrected chi connectivity index (χ1v) is 19.6. The first-order chi connectivity index (χ1) is 24.9. The van der Waals surface area contributed by atoms with E-state index in [0.717, 1.165) is 11.3 Å². The second-order valence-corrected chi connectivity index (χ2v) is 15.6. The molecule has 0 aromatic heterocycles. The molecular formula is C40H51Cl2NO9. The van der Waals surface area contributed by atoms with Crippen molar-refractivity contribution in [1.29, 1.82) is 0 Å². The second kappa shape index (κ2) is 17.2. The Kier molecular flexibility index (Phi) is 13.2. The van der Waals surface area contributed by atoms with Crippen LogP contribution in [0.15, 0.2) is 47.7 Å². The summed E-state index contributed by atoms with van der Waals surface area (Å²) in [5, 5.41) is 0. The summed E-state index contributed by atoms with van der Waals surface area (Å²) in [5.41, 5.74) is 0.596. The summed E-state index contributed by atoms with van der Waals surface area (Å²) in [6, 6.07) is 7.54. The van der Waals surface area contributed by atoms with E-state index in [0.29, 0.717) is 62.0 Å². The number of hydrogen-bond acceptors (Lipinski definition) is 10. The van der Waals surface area contributed by atoms with Crippen LogP contribution in [-0.2, 0) is 38.2 Å². The summed E-state index contributed by atoms with van der Waals surface area (Å²) in [7, 11) is 0. The summed E-state index contributed by atoms with van der Waals surface area (Å²) in [6.07, 6.45) is 6.04. The van der Waals surface area contributed by atoms with Crippen LogP contribution in [0.3, 0.4) is 0 Å². The number of hydrogen-bond donors (Lipinski definition) is 0. The Morgan fingerprint density at radius 3 is 2.29 bits per heavy atom. The van der Waals surface area contributed by atoms with Crippen LogP contribution in [0.2, 0.25) is 0 Å². The van der Waals surface area contributed by atoms with Crippen molar-refractivity contribution in [3.05, 3.63) is 47.7 Å². The molecule has 10 nitrogen and oxygen atoms in total. The van der Waals surface area contributed by atoms with Gasteiger partial charge in [0.15, 0.2) is 5.78 Å². The molecule has 5 rings (SSSR count). The van der Waals surface area contributed by atoms with Crippen molar-refractivity contribution in [3.8, 4) is 5.75 Å². The molecule has 52 heavy (non-hydrogen) atoms. The standard InChI is InChI=1S/C40H51Cl2NO9/c1-5-34(46)50-24-32(45)29-11-12-30-37-33(52-35(47)6-2)22-25-21-28(13-15-39(25,3)38(37)31(44)23-40(29,30)4)51-36(48)14-20-49-27-9-7-26(8-10-27)43(18-16-41)19-17-42/h7-10,21-22,29-30,33,37-38H,5-6,11-20,23-24H2,1-4H3/t29-,30+,33?,37-,38+,39+,40-/m1/s1. The molecule has 1 unspecified atom stereocenters.